The molecule has 0 aliphatic carbocycles. The number of rotatable bonds is 6. The van der Waals surface area contributed by atoms with E-state index in [2.05, 4.69) is 31.0 Å². The molecule has 1 fully saturated rings. The zero-order chi connectivity index (χ0) is 19.3. The Morgan fingerprint density at radius 2 is 2.11 bits per heavy atom. The zero-order valence-electron chi connectivity index (χ0n) is 15.0. The Hall–Kier alpha value is -3.05. The summed E-state index contributed by atoms with van der Waals surface area (Å²) in [5.41, 5.74) is 0.0240. The zero-order valence-corrected chi connectivity index (χ0v) is 15.9. The Kier molecular flexibility index (Phi) is 5.44. The van der Waals surface area contributed by atoms with Crippen LogP contribution in [0, 0.1) is 0 Å². The van der Waals surface area contributed by atoms with Gasteiger partial charge in [-0.15, -0.1) is 26.6 Å². The summed E-state index contributed by atoms with van der Waals surface area (Å²) in [5.74, 6) is 0.612. The molecule has 0 unspecified atom stereocenters. The Morgan fingerprint density at radius 1 is 1.25 bits per heavy atom. The average molecular weight is 402 g/mol. The van der Waals surface area contributed by atoms with Crippen LogP contribution in [0.3, 0.4) is 0 Å². The first kappa shape index (κ1) is 18.3. The highest BCUT2D eigenvalue weighted by Gasteiger charge is 2.21. The summed E-state index contributed by atoms with van der Waals surface area (Å²) in [6.07, 6.45) is 1.77. The van der Waals surface area contributed by atoms with E-state index in [0.29, 0.717) is 30.7 Å². The number of carbonyl (C=O) groups excluding carboxylic acids is 1. The van der Waals surface area contributed by atoms with Gasteiger partial charge in [-0.2, -0.15) is 0 Å². The minimum atomic E-state index is -0.552. The van der Waals surface area contributed by atoms with E-state index in [1.54, 1.807) is 6.07 Å². The number of ether oxygens (including phenoxy) is 2. The third-order valence-electron chi connectivity index (χ3n) is 4.14. The lowest BCUT2D eigenvalue weighted by Crippen LogP contribution is -2.28. The van der Waals surface area contributed by atoms with Crippen LogP contribution in [0.4, 0.5) is 11.8 Å². The third-order valence-corrected chi connectivity index (χ3v) is 5.00. The molecule has 4 rings (SSSR count). The van der Waals surface area contributed by atoms with E-state index in [0.717, 1.165) is 17.7 Å². The predicted octanol–water partition coefficient (Wildman–Crippen LogP) is 2.44. The number of nitrogens with one attached hydrogen (secondary N) is 2. The number of thiophene rings is 1. The van der Waals surface area contributed by atoms with Gasteiger partial charge < -0.3 is 19.2 Å². The fourth-order valence-electron chi connectivity index (χ4n) is 2.74. The normalized spacial score (nSPS) is 14.6. The Morgan fingerprint density at radius 3 is 2.86 bits per heavy atom. The van der Waals surface area contributed by atoms with Gasteiger partial charge >= 0.3 is 6.01 Å². The van der Waals surface area contributed by atoms with E-state index in [4.69, 9.17) is 13.9 Å². The molecule has 0 bridgehead atoms. The van der Waals surface area contributed by atoms with Gasteiger partial charge in [-0.05, 0) is 24.3 Å². The van der Waals surface area contributed by atoms with Gasteiger partial charge in [-0.25, -0.2) is 0 Å². The van der Waals surface area contributed by atoms with E-state index >= 15 is 0 Å². The molecule has 10 nitrogen and oxygen atoms in total. The number of anilines is 2. The molecule has 0 saturated carbocycles. The second-order valence-electron chi connectivity index (χ2n) is 6.02. The third kappa shape index (κ3) is 4.10. The van der Waals surface area contributed by atoms with Crippen molar-refractivity contribution in [1.82, 2.24) is 20.4 Å². The summed E-state index contributed by atoms with van der Waals surface area (Å²) in [4.78, 5) is 13.3. The van der Waals surface area contributed by atoms with Crippen LogP contribution in [-0.2, 0) is 4.74 Å². The molecular weight excluding hydrogens is 384 g/mol. The fourth-order valence-corrected chi connectivity index (χ4v) is 3.38. The standard InChI is InChI=1S/C17H18N6O4S/c1-25-11-9-13(18-10-4-6-26-7-5-10)20-21-14(11)15(24)19-17-23-22-16(27-17)12-3-2-8-28-12/h2-3,8-10H,4-7H2,1H3,(H,18,20)(H,19,23,24). The maximum absolute atomic E-state index is 12.5. The van der Waals surface area contributed by atoms with Crippen molar-refractivity contribution in [3.05, 3.63) is 29.3 Å². The summed E-state index contributed by atoms with van der Waals surface area (Å²) in [5, 5.41) is 23.5. The summed E-state index contributed by atoms with van der Waals surface area (Å²) < 4.78 is 16.1. The number of carbonyl (C=O) groups is 1. The van der Waals surface area contributed by atoms with E-state index in [1.165, 1.54) is 18.4 Å². The summed E-state index contributed by atoms with van der Waals surface area (Å²) in [6.45, 7) is 1.42. The second-order valence-corrected chi connectivity index (χ2v) is 6.97. The maximum Gasteiger partial charge on any atom is 0.322 e. The highest BCUT2D eigenvalue weighted by molar-refractivity contribution is 7.13. The largest absolute Gasteiger partial charge is 0.494 e. The topological polar surface area (TPSA) is 124 Å². The molecule has 0 radical (unpaired) electrons. The van der Waals surface area contributed by atoms with Crippen molar-refractivity contribution < 1.29 is 18.7 Å². The van der Waals surface area contributed by atoms with Gasteiger partial charge in [0.2, 0.25) is 0 Å². The molecule has 11 heteroatoms. The van der Waals surface area contributed by atoms with Crippen LogP contribution < -0.4 is 15.4 Å². The van der Waals surface area contributed by atoms with Crippen LogP contribution in [0.15, 0.2) is 28.0 Å². The van der Waals surface area contributed by atoms with Crippen LogP contribution in [0.1, 0.15) is 23.3 Å². The minimum Gasteiger partial charge on any atom is -0.494 e. The lowest BCUT2D eigenvalue weighted by Gasteiger charge is -2.23. The van der Waals surface area contributed by atoms with Gasteiger partial charge in [0.05, 0.1) is 12.0 Å². The molecule has 28 heavy (non-hydrogen) atoms. The Bertz CT molecular complexity index is 939. The van der Waals surface area contributed by atoms with E-state index in [-0.39, 0.29) is 17.8 Å². The van der Waals surface area contributed by atoms with Crippen molar-refractivity contribution in [2.24, 2.45) is 0 Å². The van der Waals surface area contributed by atoms with Crippen LogP contribution in [0.5, 0.6) is 5.75 Å². The summed E-state index contributed by atoms with van der Waals surface area (Å²) >= 11 is 1.46. The fraction of sp³-hybridized carbons (Fsp3) is 0.353. The lowest BCUT2D eigenvalue weighted by molar-refractivity contribution is 0.0903. The molecule has 4 heterocycles. The first-order valence-electron chi connectivity index (χ1n) is 8.67. The minimum absolute atomic E-state index is 0.0240. The molecule has 0 atom stereocenters. The van der Waals surface area contributed by atoms with Crippen LogP contribution >= 0.6 is 11.3 Å². The summed E-state index contributed by atoms with van der Waals surface area (Å²) in [6, 6.07) is 5.59. The van der Waals surface area contributed by atoms with E-state index in [1.807, 2.05) is 17.5 Å². The molecule has 1 amide bonds. The number of hydrogen-bond acceptors (Lipinski definition) is 10. The smallest absolute Gasteiger partial charge is 0.322 e. The molecule has 1 aliphatic heterocycles. The number of hydrogen-bond donors (Lipinski definition) is 2. The molecular formula is C17H18N6O4S. The number of aromatic nitrogens is 4. The molecule has 0 aromatic carbocycles. The van der Waals surface area contributed by atoms with Crippen molar-refractivity contribution in [3.8, 4) is 16.5 Å². The predicted molar refractivity (Wildman–Crippen MR) is 102 cm³/mol. The molecule has 3 aromatic rings. The summed E-state index contributed by atoms with van der Waals surface area (Å²) in [7, 11) is 1.47. The number of nitrogens with zero attached hydrogens (tertiary/aromatic N) is 4. The second kappa shape index (κ2) is 8.31. The van der Waals surface area contributed by atoms with Gasteiger partial charge in [-0.3, -0.25) is 10.1 Å². The average Bonchev–Trinajstić information content (AvgIpc) is 3.40. The number of amides is 1. The van der Waals surface area contributed by atoms with Gasteiger partial charge in [0.25, 0.3) is 11.8 Å². The quantitative estimate of drug-likeness (QED) is 0.639. The van der Waals surface area contributed by atoms with Crippen LogP contribution in [0.25, 0.3) is 10.8 Å². The maximum atomic E-state index is 12.5. The molecule has 1 aliphatic rings. The molecule has 1 saturated heterocycles. The van der Waals surface area contributed by atoms with Gasteiger partial charge in [-0.1, -0.05) is 11.2 Å². The lowest BCUT2D eigenvalue weighted by atomic mass is 10.1. The van der Waals surface area contributed by atoms with E-state index in [9.17, 15) is 4.79 Å². The molecule has 2 N–H and O–H groups in total. The van der Waals surface area contributed by atoms with E-state index < -0.39 is 5.91 Å². The number of methoxy groups -OCH3 is 1. The molecule has 0 spiro atoms. The van der Waals surface area contributed by atoms with Crippen molar-refractivity contribution in [2.45, 2.75) is 18.9 Å². The Labute approximate surface area is 164 Å². The first-order chi connectivity index (χ1) is 13.7. The van der Waals surface area contributed by atoms with Crippen molar-refractivity contribution >= 4 is 29.1 Å². The Balaban J connectivity index is 1.46. The first-order valence-corrected chi connectivity index (χ1v) is 9.55. The van der Waals surface area contributed by atoms with Gasteiger partial charge in [0.1, 0.15) is 0 Å². The van der Waals surface area contributed by atoms with Gasteiger partial charge in [0, 0.05) is 25.3 Å². The highest BCUT2D eigenvalue weighted by Crippen LogP contribution is 2.25. The van der Waals surface area contributed by atoms with Crippen LogP contribution in [-0.4, -0.2) is 52.7 Å². The highest BCUT2D eigenvalue weighted by atomic mass is 32.1. The van der Waals surface area contributed by atoms with Crippen molar-refractivity contribution in [3.63, 3.8) is 0 Å². The van der Waals surface area contributed by atoms with Gasteiger partial charge in [0.15, 0.2) is 17.3 Å². The van der Waals surface area contributed by atoms with Crippen molar-refractivity contribution in [1.29, 1.82) is 0 Å². The molecule has 146 valence electrons. The SMILES string of the molecule is COc1cc(NC2CCOCC2)nnc1C(=O)Nc1nnc(-c2cccs2)o1. The molecule has 3 aromatic heterocycles. The monoisotopic (exact) mass is 402 g/mol. The van der Waals surface area contributed by atoms with Crippen molar-refractivity contribution in [2.75, 3.05) is 31.0 Å². The van der Waals surface area contributed by atoms with Crippen LogP contribution in [0.2, 0.25) is 0 Å².